The third kappa shape index (κ3) is 9.08. The minimum absolute atomic E-state index is 0.0149. The van der Waals surface area contributed by atoms with E-state index in [-0.39, 0.29) is 48.7 Å². The van der Waals surface area contributed by atoms with E-state index < -0.39 is 31.8 Å². The zero-order valence-corrected chi connectivity index (χ0v) is 44.5. The second kappa shape index (κ2) is 18.7. The van der Waals surface area contributed by atoms with Crippen molar-refractivity contribution in [2.75, 3.05) is 75.5 Å². The number of hydrogen-bond acceptors (Lipinski definition) is 15. The van der Waals surface area contributed by atoms with Gasteiger partial charge in [0, 0.05) is 119 Å². The van der Waals surface area contributed by atoms with Crippen LogP contribution in [0.15, 0.2) is 65.4 Å². The molecule has 20 heteroatoms. The van der Waals surface area contributed by atoms with Gasteiger partial charge in [-0.25, -0.2) is 9.97 Å². The lowest BCUT2D eigenvalue weighted by atomic mass is 9.97. The summed E-state index contributed by atoms with van der Waals surface area (Å²) in [6.07, 6.45) is 3.77. The van der Waals surface area contributed by atoms with Crippen LogP contribution >= 0.6 is 0 Å². The molecule has 12 rings (SSSR count). The van der Waals surface area contributed by atoms with Crippen LogP contribution < -0.4 is 15.1 Å². The Morgan fingerprint density at radius 2 is 1.61 bits per heavy atom. The number of aromatic amines is 1. The van der Waals surface area contributed by atoms with Crippen LogP contribution in [0.25, 0.3) is 33.2 Å². The molecule has 0 radical (unpaired) electrons. The topological polar surface area (TPSA) is 207 Å². The Morgan fingerprint density at radius 3 is 2.36 bits per heavy atom. The van der Waals surface area contributed by atoms with Crippen molar-refractivity contribution in [1.82, 2.24) is 50.0 Å². The van der Waals surface area contributed by atoms with Crippen molar-refractivity contribution in [2.45, 2.75) is 102 Å². The lowest BCUT2D eigenvalue weighted by molar-refractivity contribution is -0.158. The SMILES string of the molecule is Cc1cc(-c2ncnc3[nH]c4cc(N5CCN(C6CN(C7CN(c8ccc9c(c8)C(=O)N(C8CCC(=O)N(COCC[Si](C)(C)C)C8=O)C9=O)C7)C6)CC5)ccc4c23)ccc1[C@@H](C)NC(=O)c1nc(C2(C)CC2)no1. The highest BCUT2D eigenvalue weighted by molar-refractivity contribution is 6.76. The normalized spacial score (nSPS) is 21.1. The van der Waals surface area contributed by atoms with Crippen LogP contribution in [-0.4, -0.2) is 166 Å². The monoisotopic (exact) mass is 1030 g/mol. The molecule has 5 fully saturated rings. The molecule has 390 valence electrons. The van der Waals surface area contributed by atoms with Crippen molar-refractivity contribution in [3.05, 3.63) is 94.9 Å². The fourth-order valence-corrected chi connectivity index (χ4v) is 12.2. The van der Waals surface area contributed by atoms with Gasteiger partial charge in [-0.15, -0.1) is 0 Å². The summed E-state index contributed by atoms with van der Waals surface area (Å²) < 4.78 is 11.0. The average molecular weight is 1030 g/mol. The number of anilines is 2. The summed E-state index contributed by atoms with van der Waals surface area (Å²) in [4.78, 5) is 96.1. The Kier molecular flexibility index (Phi) is 12.3. The molecule has 0 bridgehead atoms. The van der Waals surface area contributed by atoms with Crippen molar-refractivity contribution >= 4 is 70.9 Å². The number of likely N-dealkylation sites (tertiary alicyclic amines) is 2. The molecule has 1 saturated carbocycles. The van der Waals surface area contributed by atoms with Gasteiger partial charge >= 0.3 is 11.8 Å². The highest BCUT2D eigenvalue weighted by atomic mass is 28.3. The molecular formula is C55H64N12O7Si. The number of nitrogens with zero attached hydrogens (tertiary/aromatic N) is 10. The molecule has 3 aromatic carbocycles. The van der Waals surface area contributed by atoms with Crippen LogP contribution in [0.5, 0.6) is 0 Å². The summed E-state index contributed by atoms with van der Waals surface area (Å²) in [5, 5.41) is 9.11. The van der Waals surface area contributed by atoms with Gasteiger partial charge in [0.25, 0.3) is 17.7 Å². The number of fused-ring (bicyclic) bond motifs is 4. The molecule has 6 aliphatic rings. The third-order valence-electron chi connectivity index (χ3n) is 16.6. The number of aromatic nitrogens is 5. The van der Waals surface area contributed by atoms with E-state index in [1.807, 2.05) is 26.0 Å². The number of benzene rings is 3. The number of amides is 5. The smallest absolute Gasteiger partial charge is 0.315 e. The van der Waals surface area contributed by atoms with E-state index in [9.17, 15) is 24.0 Å². The Balaban J connectivity index is 0.623. The lowest BCUT2D eigenvalue weighted by Crippen LogP contribution is -2.71. The Morgan fingerprint density at radius 1 is 0.880 bits per heavy atom. The molecule has 5 aliphatic heterocycles. The maximum absolute atomic E-state index is 13.8. The van der Waals surface area contributed by atoms with Gasteiger partial charge < -0.3 is 29.4 Å². The van der Waals surface area contributed by atoms with Gasteiger partial charge in [-0.05, 0) is 86.7 Å². The summed E-state index contributed by atoms with van der Waals surface area (Å²) in [5.41, 5.74) is 8.18. The Hall–Kier alpha value is -6.87. The fraction of sp³-hybridized carbons (Fsp3) is 0.473. The van der Waals surface area contributed by atoms with Crippen molar-refractivity contribution < 1.29 is 33.2 Å². The van der Waals surface area contributed by atoms with Crippen molar-refractivity contribution in [1.29, 1.82) is 0 Å². The number of H-pyrrole nitrogens is 1. The van der Waals surface area contributed by atoms with Crippen LogP contribution in [0.1, 0.15) is 93.9 Å². The third-order valence-corrected chi connectivity index (χ3v) is 18.3. The summed E-state index contributed by atoms with van der Waals surface area (Å²) in [5.74, 6) is -1.69. The number of carbonyl (C=O) groups excluding carboxylic acids is 5. The molecule has 2 atom stereocenters. The maximum atomic E-state index is 13.8. The van der Waals surface area contributed by atoms with E-state index in [0.29, 0.717) is 35.6 Å². The Labute approximate surface area is 435 Å². The number of ether oxygens (including phenoxy) is 1. The first kappa shape index (κ1) is 49.0. The van der Waals surface area contributed by atoms with Crippen molar-refractivity contribution in [2.24, 2.45) is 0 Å². The first-order valence-corrected chi connectivity index (χ1v) is 30.2. The van der Waals surface area contributed by atoms with Gasteiger partial charge in [0.15, 0.2) is 5.82 Å². The van der Waals surface area contributed by atoms with Crippen LogP contribution in [0.3, 0.4) is 0 Å². The molecular weight excluding hydrogens is 969 g/mol. The van der Waals surface area contributed by atoms with E-state index >= 15 is 0 Å². The van der Waals surface area contributed by atoms with Crippen LogP contribution in [-0.2, 0) is 19.7 Å². The number of aryl methyl sites for hydroxylation is 1. The molecule has 2 N–H and O–H groups in total. The molecule has 1 aliphatic carbocycles. The van der Waals surface area contributed by atoms with Crippen LogP contribution in [0, 0.1) is 6.92 Å². The number of piperazine rings is 1. The van der Waals surface area contributed by atoms with Crippen molar-refractivity contribution in [3.63, 3.8) is 0 Å². The number of piperidine rings is 1. The van der Waals surface area contributed by atoms with Gasteiger partial charge in [0.05, 0.1) is 28.2 Å². The quantitative estimate of drug-likeness (QED) is 0.0674. The van der Waals surface area contributed by atoms with Gasteiger partial charge in [-0.1, -0.05) is 49.9 Å². The highest BCUT2D eigenvalue weighted by Crippen LogP contribution is 2.46. The largest absolute Gasteiger partial charge is 0.369 e. The molecule has 5 amide bonds. The zero-order chi connectivity index (χ0) is 52.1. The van der Waals surface area contributed by atoms with Gasteiger partial charge in [0.2, 0.25) is 5.91 Å². The summed E-state index contributed by atoms with van der Waals surface area (Å²) in [7, 11) is -1.36. The molecule has 6 aromatic rings. The van der Waals surface area contributed by atoms with Crippen molar-refractivity contribution in [3.8, 4) is 11.3 Å². The van der Waals surface area contributed by atoms with E-state index in [1.54, 1.807) is 18.5 Å². The number of nitrogens with one attached hydrogen (secondary N) is 2. The number of imide groups is 2. The van der Waals surface area contributed by atoms with E-state index in [0.717, 1.165) is 131 Å². The van der Waals surface area contributed by atoms with E-state index in [4.69, 9.17) is 14.2 Å². The fourth-order valence-electron chi connectivity index (χ4n) is 11.5. The van der Waals surface area contributed by atoms with Crippen LogP contribution in [0.2, 0.25) is 25.7 Å². The molecule has 75 heavy (non-hydrogen) atoms. The molecule has 1 unspecified atom stereocenters. The zero-order valence-electron chi connectivity index (χ0n) is 43.5. The molecule has 0 spiro atoms. The van der Waals surface area contributed by atoms with E-state index in [1.165, 1.54) is 5.69 Å². The van der Waals surface area contributed by atoms with E-state index in [2.05, 4.69) is 102 Å². The van der Waals surface area contributed by atoms with Crippen LogP contribution in [0.4, 0.5) is 11.4 Å². The predicted octanol–water partition coefficient (Wildman–Crippen LogP) is 6.13. The summed E-state index contributed by atoms with van der Waals surface area (Å²) in [6, 6.07) is 18.7. The number of rotatable bonds is 15. The summed E-state index contributed by atoms with van der Waals surface area (Å²) in [6.45, 7) is 20.6. The van der Waals surface area contributed by atoms with Gasteiger partial charge in [-0.2, -0.15) is 4.98 Å². The predicted molar refractivity (Wildman–Crippen MR) is 284 cm³/mol. The first-order chi connectivity index (χ1) is 36.0. The number of carbonyl (C=O) groups is 5. The number of hydrogen-bond donors (Lipinski definition) is 2. The lowest BCUT2D eigenvalue weighted by Gasteiger charge is -2.55. The maximum Gasteiger partial charge on any atom is 0.315 e. The second-order valence-corrected chi connectivity index (χ2v) is 28.6. The first-order valence-electron chi connectivity index (χ1n) is 26.4. The minimum Gasteiger partial charge on any atom is -0.369 e. The van der Waals surface area contributed by atoms with Gasteiger partial charge in [0.1, 0.15) is 24.7 Å². The van der Waals surface area contributed by atoms with Gasteiger partial charge in [-0.3, -0.25) is 43.6 Å². The highest BCUT2D eigenvalue weighted by Gasteiger charge is 2.48. The Bertz CT molecular complexity index is 3290. The minimum atomic E-state index is -1.36. The summed E-state index contributed by atoms with van der Waals surface area (Å²) >= 11 is 0. The molecule has 4 saturated heterocycles. The molecule has 19 nitrogen and oxygen atoms in total. The molecule has 3 aromatic heterocycles. The molecule has 8 heterocycles. The standard InChI is InChI=1S/C55H64N12O7Si/c1-32-23-34(7-10-39(32)33(2)58-49(69)50-60-54(61-74-50)55(3)15-16-55)47-46-41-12-9-36(25-43(41)59-48(46)57-30-56-47)62-17-19-63(20-18-62)37-26-65(27-37)38-28-64(29-38)35-8-11-40-42(24-35)52(71)67(51(40)70)44-13-14-45(68)66(53(44)72)31-73-21-22-75(4,5)6/h7-12,23-25,30,33,37-38,44H,13-22,26-29,31H2,1-6H3,(H,58,69)(H,56,57,59)/t33-,44?/m1/s1. The second-order valence-electron chi connectivity index (χ2n) is 23.0. The average Bonchev–Trinajstić information content (AvgIpc) is 3.65.